The largest absolute Gasteiger partial charge is 0.378 e. The van der Waals surface area contributed by atoms with E-state index in [-0.39, 0.29) is 0 Å². The van der Waals surface area contributed by atoms with Gasteiger partial charge in [-0.05, 0) is 48.9 Å². The Labute approximate surface area is 132 Å². The van der Waals surface area contributed by atoms with Crippen molar-refractivity contribution in [3.05, 3.63) is 53.9 Å². The topological polar surface area (TPSA) is 28.6 Å². The fourth-order valence-electron chi connectivity index (χ4n) is 2.76. The third-order valence-corrected chi connectivity index (χ3v) is 4.04. The Morgan fingerprint density at radius 2 is 1.86 bits per heavy atom. The van der Waals surface area contributed by atoms with Gasteiger partial charge < -0.3 is 14.5 Å². The Kier molecular flexibility index (Phi) is 4.59. The number of hydrogen-bond donors (Lipinski definition) is 0. The number of ether oxygens (including phenoxy) is 1. The molecule has 0 aliphatic carbocycles. The molecule has 1 aliphatic heterocycles. The van der Waals surface area contributed by atoms with Crippen molar-refractivity contribution < 1.29 is 4.74 Å². The molecule has 116 valence electrons. The first kappa shape index (κ1) is 14.9. The van der Waals surface area contributed by atoms with Crippen LogP contribution in [0.5, 0.6) is 0 Å². The van der Waals surface area contributed by atoms with Crippen molar-refractivity contribution in [3.8, 4) is 0 Å². The first-order chi connectivity index (χ1) is 10.7. The van der Waals surface area contributed by atoms with Crippen LogP contribution < -0.4 is 9.80 Å². The number of aryl methyl sites for hydroxylation is 1. The van der Waals surface area contributed by atoms with Crippen LogP contribution in [0.1, 0.15) is 11.3 Å². The van der Waals surface area contributed by atoms with Gasteiger partial charge in [-0.3, -0.25) is 4.98 Å². The Bertz CT molecular complexity index is 606. The van der Waals surface area contributed by atoms with Crippen LogP contribution in [0.4, 0.5) is 11.4 Å². The van der Waals surface area contributed by atoms with E-state index in [2.05, 4.69) is 59.1 Å². The Hall–Kier alpha value is -2.07. The average molecular weight is 297 g/mol. The molecule has 1 fully saturated rings. The molecule has 1 saturated heterocycles. The standard InChI is InChI=1S/C18H23N3O/c1-15-7-8-19-16(13-15)14-20(2)17-3-5-18(6-4-17)21-9-11-22-12-10-21/h3-8,13H,9-12,14H2,1-2H3. The molecular weight excluding hydrogens is 274 g/mol. The quantitative estimate of drug-likeness (QED) is 0.867. The molecule has 2 heterocycles. The summed E-state index contributed by atoms with van der Waals surface area (Å²) in [5.74, 6) is 0. The fraction of sp³-hybridized carbons (Fsp3) is 0.389. The predicted octanol–water partition coefficient (Wildman–Crippen LogP) is 2.86. The fourth-order valence-corrected chi connectivity index (χ4v) is 2.76. The third kappa shape index (κ3) is 3.57. The summed E-state index contributed by atoms with van der Waals surface area (Å²) in [6.45, 7) is 6.51. The summed E-state index contributed by atoms with van der Waals surface area (Å²) in [5.41, 5.74) is 4.83. The number of anilines is 2. The Morgan fingerprint density at radius 3 is 2.55 bits per heavy atom. The zero-order valence-corrected chi connectivity index (χ0v) is 13.3. The van der Waals surface area contributed by atoms with Crippen LogP contribution >= 0.6 is 0 Å². The van der Waals surface area contributed by atoms with Crippen LogP contribution in [0, 0.1) is 6.92 Å². The molecule has 0 radical (unpaired) electrons. The van der Waals surface area contributed by atoms with Crippen LogP contribution in [0.3, 0.4) is 0 Å². The van der Waals surface area contributed by atoms with Gasteiger partial charge in [0.25, 0.3) is 0 Å². The van der Waals surface area contributed by atoms with Crippen LogP contribution in [-0.2, 0) is 11.3 Å². The average Bonchev–Trinajstić information content (AvgIpc) is 2.56. The molecule has 1 aromatic heterocycles. The van der Waals surface area contributed by atoms with Crippen LogP contribution in [0.25, 0.3) is 0 Å². The lowest BCUT2D eigenvalue weighted by atomic mass is 10.2. The molecule has 0 N–H and O–H groups in total. The highest BCUT2D eigenvalue weighted by Crippen LogP contribution is 2.22. The zero-order chi connectivity index (χ0) is 15.4. The molecule has 0 spiro atoms. The monoisotopic (exact) mass is 297 g/mol. The summed E-state index contributed by atoms with van der Waals surface area (Å²) < 4.78 is 5.40. The van der Waals surface area contributed by atoms with Crippen molar-refractivity contribution in [1.29, 1.82) is 0 Å². The summed E-state index contributed by atoms with van der Waals surface area (Å²) in [5, 5.41) is 0. The van der Waals surface area contributed by atoms with Crippen molar-refractivity contribution in [2.45, 2.75) is 13.5 Å². The van der Waals surface area contributed by atoms with Gasteiger partial charge in [0.15, 0.2) is 0 Å². The number of morpholine rings is 1. The molecule has 22 heavy (non-hydrogen) atoms. The summed E-state index contributed by atoms with van der Waals surface area (Å²) in [4.78, 5) is 9.03. The van der Waals surface area contributed by atoms with E-state index in [0.29, 0.717) is 0 Å². The maximum Gasteiger partial charge on any atom is 0.0642 e. The maximum atomic E-state index is 5.40. The molecule has 0 amide bonds. The van der Waals surface area contributed by atoms with Gasteiger partial charge in [-0.15, -0.1) is 0 Å². The lowest BCUT2D eigenvalue weighted by Crippen LogP contribution is -2.36. The van der Waals surface area contributed by atoms with Gasteiger partial charge in [0.05, 0.1) is 25.5 Å². The van der Waals surface area contributed by atoms with Gasteiger partial charge in [-0.2, -0.15) is 0 Å². The van der Waals surface area contributed by atoms with Crippen molar-refractivity contribution >= 4 is 11.4 Å². The molecular formula is C18H23N3O. The summed E-state index contributed by atoms with van der Waals surface area (Å²) in [6.07, 6.45) is 1.88. The second-order valence-corrected chi connectivity index (χ2v) is 5.80. The lowest BCUT2D eigenvalue weighted by molar-refractivity contribution is 0.122. The molecule has 4 heteroatoms. The Balaban J connectivity index is 1.66. The van der Waals surface area contributed by atoms with Crippen molar-refractivity contribution in [1.82, 2.24) is 4.98 Å². The summed E-state index contributed by atoms with van der Waals surface area (Å²) >= 11 is 0. The molecule has 0 atom stereocenters. The molecule has 3 rings (SSSR count). The Morgan fingerprint density at radius 1 is 1.14 bits per heavy atom. The zero-order valence-electron chi connectivity index (χ0n) is 13.3. The second-order valence-electron chi connectivity index (χ2n) is 5.80. The minimum atomic E-state index is 0.818. The smallest absolute Gasteiger partial charge is 0.0642 e. The maximum absolute atomic E-state index is 5.40. The van der Waals surface area contributed by atoms with E-state index in [9.17, 15) is 0 Å². The van der Waals surface area contributed by atoms with E-state index >= 15 is 0 Å². The van der Waals surface area contributed by atoms with Gasteiger partial charge in [0.1, 0.15) is 0 Å². The van der Waals surface area contributed by atoms with Gasteiger partial charge in [-0.25, -0.2) is 0 Å². The van der Waals surface area contributed by atoms with Crippen molar-refractivity contribution in [2.24, 2.45) is 0 Å². The molecule has 4 nitrogen and oxygen atoms in total. The summed E-state index contributed by atoms with van der Waals surface area (Å²) in [7, 11) is 2.10. The van der Waals surface area contributed by atoms with E-state index < -0.39 is 0 Å². The molecule has 1 aliphatic rings. The van der Waals surface area contributed by atoms with E-state index in [1.54, 1.807) is 0 Å². The van der Waals surface area contributed by atoms with Gasteiger partial charge in [0, 0.05) is 37.7 Å². The highest BCUT2D eigenvalue weighted by Gasteiger charge is 2.11. The third-order valence-electron chi connectivity index (χ3n) is 4.04. The number of aromatic nitrogens is 1. The molecule has 2 aromatic rings. The number of hydrogen-bond acceptors (Lipinski definition) is 4. The van der Waals surface area contributed by atoms with Gasteiger partial charge >= 0.3 is 0 Å². The minimum absolute atomic E-state index is 0.818. The first-order valence-electron chi connectivity index (χ1n) is 7.78. The van der Waals surface area contributed by atoms with Gasteiger partial charge in [-0.1, -0.05) is 0 Å². The number of benzene rings is 1. The SMILES string of the molecule is Cc1ccnc(CN(C)c2ccc(N3CCOCC3)cc2)c1. The molecule has 0 unspecified atom stereocenters. The second kappa shape index (κ2) is 6.79. The lowest BCUT2D eigenvalue weighted by Gasteiger charge is -2.29. The highest BCUT2D eigenvalue weighted by atomic mass is 16.5. The number of rotatable bonds is 4. The highest BCUT2D eigenvalue weighted by molar-refractivity contribution is 5.56. The van der Waals surface area contributed by atoms with Gasteiger partial charge in [0.2, 0.25) is 0 Å². The minimum Gasteiger partial charge on any atom is -0.378 e. The summed E-state index contributed by atoms with van der Waals surface area (Å²) in [6, 6.07) is 12.9. The van der Waals surface area contributed by atoms with Crippen molar-refractivity contribution in [2.75, 3.05) is 43.2 Å². The molecule has 0 bridgehead atoms. The van der Waals surface area contributed by atoms with Crippen LogP contribution in [0.15, 0.2) is 42.6 Å². The normalized spacial score (nSPS) is 14.9. The number of nitrogens with zero attached hydrogens (tertiary/aromatic N) is 3. The van der Waals surface area contributed by atoms with E-state index in [1.165, 1.54) is 16.9 Å². The van der Waals surface area contributed by atoms with Crippen LogP contribution in [-0.4, -0.2) is 38.3 Å². The first-order valence-corrected chi connectivity index (χ1v) is 7.78. The number of pyridine rings is 1. The predicted molar refractivity (Wildman–Crippen MR) is 90.6 cm³/mol. The van der Waals surface area contributed by atoms with Crippen LogP contribution in [0.2, 0.25) is 0 Å². The van der Waals surface area contributed by atoms with E-state index in [1.807, 2.05) is 12.3 Å². The molecule has 0 saturated carbocycles. The van der Waals surface area contributed by atoms with E-state index in [4.69, 9.17) is 4.74 Å². The molecule has 1 aromatic carbocycles. The van der Waals surface area contributed by atoms with Crippen molar-refractivity contribution in [3.63, 3.8) is 0 Å². The van der Waals surface area contributed by atoms with E-state index in [0.717, 1.165) is 38.5 Å².